The van der Waals surface area contributed by atoms with E-state index in [2.05, 4.69) is 20.0 Å². The van der Waals surface area contributed by atoms with Gasteiger partial charge < -0.3 is 24.8 Å². The zero-order valence-electron chi connectivity index (χ0n) is 19.5. The number of anilines is 2. The van der Waals surface area contributed by atoms with Crippen LogP contribution in [0.25, 0.3) is 11.0 Å². The van der Waals surface area contributed by atoms with Crippen LogP contribution in [0, 0.1) is 0 Å². The molecule has 4 aromatic rings. The first kappa shape index (κ1) is 25.8. The van der Waals surface area contributed by atoms with Crippen molar-refractivity contribution in [3.8, 4) is 5.75 Å². The Bertz CT molecular complexity index is 1650. The molecule has 37 heavy (non-hydrogen) atoms. The Morgan fingerprint density at radius 2 is 1.68 bits per heavy atom. The van der Waals surface area contributed by atoms with Gasteiger partial charge in [0.25, 0.3) is 15.9 Å². The minimum Gasteiger partial charge on any atom is -0.495 e. The fourth-order valence-electron chi connectivity index (χ4n) is 3.36. The molecule has 3 aromatic carbocycles. The van der Waals surface area contributed by atoms with Gasteiger partial charge in [0.05, 0.1) is 34.3 Å². The Hall–Kier alpha value is -4.29. The van der Waals surface area contributed by atoms with E-state index in [1.807, 2.05) is 0 Å². The van der Waals surface area contributed by atoms with Gasteiger partial charge in [0.15, 0.2) is 6.10 Å². The summed E-state index contributed by atoms with van der Waals surface area (Å²) in [5, 5.41) is 2.98. The Morgan fingerprint density at radius 1 is 0.973 bits per heavy atom. The Balaban J connectivity index is 1.40. The maximum absolute atomic E-state index is 12.7. The molecule has 1 amide bonds. The molecule has 0 unspecified atom stereocenters. The maximum Gasteiger partial charge on any atom is 0.338 e. The first-order chi connectivity index (χ1) is 17.6. The molecule has 0 saturated heterocycles. The van der Waals surface area contributed by atoms with Gasteiger partial charge in [-0.3, -0.25) is 9.52 Å². The number of hydrogen-bond donors (Lipinski definition) is 4. The van der Waals surface area contributed by atoms with E-state index in [1.165, 1.54) is 62.6 Å². The molecule has 0 bridgehead atoms. The molecule has 0 spiro atoms. The lowest BCUT2D eigenvalue weighted by Crippen LogP contribution is -2.30. The van der Waals surface area contributed by atoms with E-state index in [0.717, 1.165) is 0 Å². The topological polar surface area (TPSA) is 159 Å². The molecule has 13 heteroatoms. The number of halogens is 1. The van der Waals surface area contributed by atoms with Crippen molar-refractivity contribution >= 4 is 55.9 Å². The van der Waals surface area contributed by atoms with Crippen LogP contribution in [0.3, 0.4) is 0 Å². The predicted molar refractivity (Wildman–Crippen MR) is 138 cm³/mol. The van der Waals surface area contributed by atoms with Crippen LogP contribution in [0.15, 0.2) is 70.4 Å². The number of ether oxygens (including phenoxy) is 2. The summed E-state index contributed by atoms with van der Waals surface area (Å²) in [5.74, 6) is -0.994. The number of rotatable bonds is 8. The molecule has 0 aliphatic rings. The molecule has 1 aromatic heterocycles. The van der Waals surface area contributed by atoms with Crippen LogP contribution in [0.2, 0.25) is 5.02 Å². The van der Waals surface area contributed by atoms with Crippen molar-refractivity contribution in [2.45, 2.75) is 17.9 Å². The van der Waals surface area contributed by atoms with Crippen molar-refractivity contribution in [2.75, 3.05) is 17.1 Å². The van der Waals surface area contributed by atoms with E-state index >= 15 is 0 Å². The highest BCUT2D eigenvalue weighted by Gasteiger charge is 2.21. The number of methoxy groups -OCH3 is 1. The molecule has 4 rings (SSSR count). The lowest BCUT2D eigenvalue weighted by atomic mass is 10.2. The number of hydrogen-bond acceptors (Lipinski definition) is 7. The fraction of sp³-hybridized carbons (Fsp3) is 0.125. The summed E-state index contributed by atoms with van der Waals surface area (Å²) >= 11 is 5.96. The van der Waals surface area contributed by atoms with Gasteiger partial charge in [-0.05, 0) is 67.6 Å². The number of nitrogens with one attached hydrogen (secondary N) is 4. The number of carbonyl (C=O) groups is 2. The van der Waals surface area contributed by atoms with Gasteiger partial charge in [-0.25, -0.2) is 18.0 Å². The van der Waals surface area contributed by atoms with Crippen LogP contribution < -0.4 is 20.5 Å². The molecule has 0 radical (unpaired) electrons. The highest BCUT2D eigenvalue weighted by molar-refractivity contribution is 7.92. The van der Waals surface area contributed by atoms with Gasteiger partial charge in [-0.15, -0.1) is 0 Å². The van der Waals surface area contributed by atoms with Crippen molar-refractivity contribution in [3.05, 3.63) is 81.7 Å². The SMILES string of the molecule is COc1ccc(Cl)cc1NC(=O)[C@H](C)OC(=O)c1ccc(NS(=O)(=O)c2ccc3[nH]c(=O)[nH]c3c2)cc1. The smallest absolute Gasteiger partial charge is 0.338 e. The predicted octanol–water partition coefficient (Wildman–Crippen LogP) is 3.50. The van der Waals surface area contributed by atoms with Crippen molar-refractivity contribution in [3.63, 3.8) is 0 Å². The standard InChI is InChI=1S/C24H21ClN4O7S/c1-13(22(30)26-20-11-15(25)5-10-21(20)35-2)36-23(31)14-3-6-16(7-4-14)29-37(33,34)17-8-9-18-19(12-17)28-24(32)27-18/h3-13,29H,1-2H3,(H,26,30)(H2,27,28,32)/t13-/m0/s1. The third kappa shape index (κ3) is 5.93. The first-order valence-electron chi connectivity index (χ1n) is 10.8. The third-order valence-electron chi connectivity index (χ3n) is 5.24. The van der Waals surface area contributed by atoms with E-state index in [1.54, 1.807) is 12.1 Å². The average Bonchev–Trinajstić information content (AvgIpc) is 3.23. The summed E-state index contributed by atoms with van der Waals surface area (Å²) in [5.41, 5.74) is 0.990. The van der Waals surface area contributed by atoms with Gasteiger partial charge >= 0.3 is 11.7 Å². The van der Waals surface area contributed by atoms with Gasteiger partial charge in [0, 0.05) is 10.7 Å². The van der Waals surface area contributed by atoms with E-state index in [9.17, 15) is 22.8 Å². The molecule has 1 atom stereocenters. The number of carbonyl (C=O) groups excluding carboxylic acids is 2. The van der Waals surface area contributed by atoms with Crippen LogP contribution in [-0.2, 0) is 19.6 Å². The van der Waals surface area contributed by atoms with Crippen LogP contribution in [0.5, 0.6) is 5.75 Å². The minimum atomic E-state index is -3.97. The zero-order valence-corrected chi connectivity index (χ0v) is 21.1. The number of aromatic nitrogens is 2. The summed E-state index contributed by atoms with van der Waals surface area (Å²) < 4.78 is 38.3. The number of esters is 1. The van der Waals surface area contributed by atoms with Gasteiger partial charge in [0.1, 0.15) is 5.75 Å². The van der Waals surface area contributed by atoms with Crippen molar-refractivity contribution in [1.82, 2.24) is 9.97 Å². The second kappa shape index (κ2) is 10.4. The molecule has 0 saturated carbocycles. The highest BCUT2D eigenvalue weighted by atomic mass is 35.5. The van der Waals surface area contributed by atoms with Gasteiger partial charge in [-0.1, -0.05) is 11.6 Å². The van der Waals surface area contributed by atoms with Crippen LogP contribution in [0.4, 0.5) is 11.4 Å². The maximum atomic E-state index is 12.7. The second-order valence-corrected chi connectivity index (χ2v) is 9.97. The Morgan fingerprint density at radius 3 is 2.38 bits per heavy atom. The normalized spacial score (nSPS) is 12.1. The molecule has 0 fully saturated rings. The van der Waals surface area contributed by atoms with Crippen LogP contribution in [-0.4, -0.2) is 43.5 Å². The van der Waals surface area contributed by atoms with Gasteiger partial charge in [-0.2, -0.15) is 0 Å². The molecule has 4 N–H and O–H groups in total. The highest BCUT2D eigenvalue weighted by Crippen LogP contribution is 2.28. The number of fused-ring (bicyclic) bond motifs is 1. The summed E-state index contributed by atoms with van der Waals surface area (Å²) in [7, 11) is -2.53. The lowest BCUT2D eigenvalue weighted by Gasteiger charge is -2.15. The molecule has 0 aliphatic carbocycles. The Kier molecular flexibility index (Phi) is 7.23. The summed E-state index contributed by atoms with van der Waals surface area (Å²) in [4.78, 5) is 41.4. The summed E-state index contributed by atoms with van der Waals surface area (Å²) in [6.45, 7) is 1.40. The summed E-state index contributed by atoms with van der Waals surface area (Å²) in [6.07, 6.45) is -1.15. The van der Waals surface area contributed by atoms with E-state index in [4.69, 9.17) is 21.1 Å². The number of H-pyrrole nitrogens is 2. The first-order valence-corrected chi connectivity index (χ1v) is 12.6. The minimum absolute atomic E-state index is 0.0603. The molecule has 0 aliphatic heterocycles. The number of sulfonamides is 1. The average molecular weight is 545 g/mol. The zero-order chi connectivity index (χ0) is 26.7. The third-order valence-corrected chi connectivity index (χ3v) is 6.86. The lowest BCUT2D eigenvalue weighted by molar-refractivity contribution is -0.123. The van der Waals surface area contributed by atoms with Crippen LogP contribution in [0.1, 0.15) is 17.3 Å². The largest absolute Gasteiger partial charge is 0.495 e. The number of benzene rings is 3. The van der Waals surface area contributed by atoms with E-state index < -0.39 is 33.7 Å². The van der Waals surface area contributed by atoms with Gasteiger partial charge in [0.2, 0.25) is 0 Å². The summed E-state index contributed by atoms with van der Waals surface area (Å²) in [6, 6.07) is 14.3. The molecule has 192 valence electrons. The molecule has 11 nitrogen and oxygen atoms in total. The monoisotopic (exact) mass is 544 g/mol. The Labute approximate surface area is 215 Å². The van der Waals surface area contributed by atoms with Crippen molar-refractivity contribution in [1.29, 1.82) is 0 Å². The number of imidazole rings is 1. The van der Waals surface area contributed by atoms with E-state index in [-0.39, 0.29) is 16.1 Å². The van der Waals surface area contributed by atoms with Crippen LogP contribution >= 0.6 is 11.6 Å². The second-order valence-electron chi connectivity index (χ2n) is 7.85. The van der Waals surface area contributed by atoms with Crippen molar-refractivity contribution < 1.29 is 27.5 Å². The molecular formula is C24H21ClN4O7S. The number of amides is 1. The van der Waals surface area contributed by atoms with Crippen molar-refractivity contribution in [2.24, 2.45) is 0 Å². The number of aromatic amines is 2. The quantitative estimate of drug-likeness (QED) is 0.247. The fourth-order valence-corrected chi connectivity index (χ4v) is 4.62. The molecule has 1 heterocycles. The molecular weight excluding hydrogens is 524 g/mol. The van der Waals surface area contributed by atoms with E-state index in [0.29, 0.717) is 27.5 Å².